The summed E-state index contributed by atoms with van der Waals surface area (Å²) in [7, 11) is 0. The number of benzene rings is 1. The van der Waals surface area contributed by atoms with E-state index in [0.717, 1.165) is 11.3 Å². The predicted molar refractivity (Wildman–Crippen MR) is 69.0 cm³/mol. The van der Waals surface area contributed by atoms with Gasteiger partial charge in [0.05, 0.1) is 5.92 Å². The van der Waals surface area contributed by atoms with Crippen molar-refractivity contribution >= 4 is 11.7 Å². The molecule has 2 aromatic rings. The Morgan fingerprint density at radius 3 is 3.05 bits per heavy atom. The molecule has 0 aliphatic carbocycles. The van der Waals surface area contributed by atoms with Gasteiger partial charge in [0.2, 0.25) is 5.91 Å². The van der Waals surface area contributed by atoms with E-state index in [1.54, 1.807) is 13.0 Å². The highest BCUT2D eigenvalue weighted by atomic mass is 16.5. The van der Waals surface area contributed by atoms with Gasteiger partial charge in [-0.2, -0.15) is 0 Å². The summed E-state index contributed by atoms with van der Waals surface area (Å²) < 4.78 is 10.5. The Morgan fingerprint density at radius 1 is 1.42 bits per heavy atom. The second-order valence-electron chi connectivity index (χ2n) is 4.63. The van der Waals surface area contributed by atoms with Crippen molar-refractivity contribution in [3.05, 3.63) is 41.7 Å². The maximum atomic E-state index is 12.1. The van der Waals surface area contributed by atoms with Crippen LogP contribution in [0.5, 0.6) is 5.75 Å². The number of ether oxygens (including phenoxy) is 1. The van der Waals surface area contributed by atoms with Crippen LogP contribution in [0.15, 0.2) is 34.9 Å². The fourth-order valence-corrected chi connectivity index (χ4v) is 2.15. The first kappa shape index (κ1) is 11.8. The SMILES string of the molecule is Cc1cc(NC(=O)[C@H]2COc3ccccc3C2)no1. The zero-order valence-electron chi connectivity index (χ0n) is 10.6. The van der Waals surface area contributed by atoms with Gasteiger partial charge in [-0.3, -0.25) is 4.79 Å². The standard InChI is InChI=1S/C14H14N2O3/c1-9-6-13(16-19-9)15-14(17)11-7-10-4-2-3-5-12(10)18-8-11/h2-6,11H,7-8H2,1H3,(H,15,16,17)/t11-/m1/s1. The van der Waals surface area contributed by atoms with Crippen LogP contribution in [0.4, 0.5) is 5.82 Å². The van der Waals surface area contributed by atoms with Crippen molar-refractivity contribution < 1.29 is 14.1 Å². The third-order valence-corrected chi connectivity index (χ3v) is 3.13. The highest BCUT2D eigenvalue weighted by molar-refractivity contribution is 5.92. The number of amides is 1. The number of nitrogens with one attached hydrogen (secondary N) is 1. The molecule has 0 radical (unpaired) electrons. The number of para-hydroxylation sites is 1. The predicted octanol–water partition coefficient (Wildman–Crippen LogP) is 2.17. The first-order chi connectivity index (χ1) is 9.22. The zero-order chi connectivity index (χ0) is 13.2. The Hall–Kier alpha value is -2.30. The van der Waals surface area contributed by atoms with Crippen molar-refractivity contribution in [1.82, 2.24) is 5.16 Å². The lowest BCUT2D eigenvalue weighted by Crippen LogP contribution is -2.32. The molecule has 5 heteroatoms. The van der Waals surface area contributed by atoms with Crippen molar-refractivity contribution in [2.75, 3.05) is 11.9 Å². The van der Waals surface area contributed by atoms with Crippen LogP contribution < -0.4 is 10.1 Å². The molecule has 2 heterocycles. The lowest BCUT2D eigenvalue weighted by atomic mass is 9.96. The molecule has 1 aromatic carbocycles. The summed E-state index contributed by atoms with van der Waals surface area (Å²) in [5, 5.41) is 6.49. The Bertz CT molecular complexity index is 606. The van der Waals surface area contributed by atoms with Gasteiger partial charge in [0, 0.05) is 6.07 Å². The molecule has 0 bridgehead atoms. The normalized spacial score (nSPS) is 17.4. The summed E-state index contributed by atoms with van der Waals surface area (Å²) in [4.78, 5) is 12.1. The van der Waals surface area contributed by atoms with Crippen molar-refractivity contribution in [2.24, 2.45) is 5.92 Å². The molecule has 1 atom stereocenters. The number of aryl methyl sites for hydroxylation is 1. The van der Waals surface area contributed by atoms with Crippen molar-refractivity contribution in [1.29, 1.82) is 0 Å². The summed E-state index contributed by atoms with van der Waals surface area (Å²) in [5.74, 6) is 1.68. The molecule has 1 amide bonds. The first-order valence-electron chi connectivity index (χ1n) is 6.17. The summed E-state index contributed by atoms with van der Waals surface area (Å²) in [6.45, 7) is 2.17. The molecule has 0 saturated carbocycles. The number of hydrogen-bond acceptors (Lipinski definition) is 4. The van der Waals surface area contributed by atoms with Gasteiger partial charge in [-0.25, -0.2) is 0 Å². The van der Waals surface area contributed by atoms with Crippen molar-refractivity contribution in [3.63, 3.8) is 0 Å². The number of aromatic nitrogens is 1. The molecule has 1 aliphatic rings. The Kier molecular flexibility index (Phi) is 2.95. The molecule has 0 spiro atoms. The Labute approximate surface area is 110 Å². The lowest BCUT2D eigenvalue weighted by molar-refractivity contribution is -0.121. The molecule has 3 rings (SSSR count). The van der Waals surface area contributed by atoms with E-state index in [1.807, 2.05) is 24.3 Å². The van der Waals surface area contributed by atoms with Gasteiger partial charge in [-0.1, -0.05) is 23.4 Å². The van der Waals surface area contributed by atoms with Crippen LogP contribution in [0.25, 0.3) is 0 Å². The second kappa shape index (κ2) is 4.76. The topological polar surface area (TPSA) is 64.4 Å². The number of fused-ring (bicyclic) bond motifs is 1. The minimum absolute atomic E-state index is 0.0946. The number of nitrogens with zero attached hydrogens (tertiary/aromatic N) is 1. The average Bonchev–Trinajstić information content (AvgIpc) is 2.83. The van der Waals surface area contributed by atoms with Crippen LogP contribution in [0.3, 0.4) is 0 Å². The van der Waals surface area contributed by atoms with Crippen LogP contribution in [-0.2, 0) is 11.2 Å². The molecule has 1 aromatic heterocycles. The average molecular weight is 258 g/mol. The van der Waals surface area contributed by atoms with E-state index in [1.165, 1.54) is 0 Å². The second-order valence-corrected chi connectivity index (χ2v) is 4.63. The monoisotopic (exact) mass is 258 g/mol. The van der Waals surface area contributed by atoms with E-state index in [0.29, 0.717) is 24.6 Å². The van der Waals surface area contributed by atoms with E-state index in [4.69, 9.17) is 9.26 Å². The molecule has 1 aliphatic heterocycles. The quantitative estimate of drug-likeness (QED) is 0.896. The fraction of sp³-hybridized carbons (Fsp3) is 0.286. The van der Waals surface area contributed by atoms with Gasteiger partial charge in [0.15, 0.2) is 5.82 Å². The van der Waals surface area contributed by atoms with Gasteiger partial charge >= 0.3 is 0 Å². The molecule has 98 valence electrons. The lowest BCUT2D eigenvalue weighted by Gasteiger charge is -2.24. The van der Waals surface area contributed by atoms with Crippen LogP contribution in [-0.4, -0.2) is 17.7 Å². The molecular formula is C14H14N2O3. The van der Waals surface area contributed by atoms with Crippen LogP contribution >= 0.6 is 0 Å². The highest BCUT2D eigenvalue weighted by Crippen LogP contribution is 2.27. The number of hydrogen-bond donors (Lipinski definition) is 1. The summed E-state index contributed by atoms with van der Waals surface area (Å²) in [6.07, 6.45) is 0.679. The number of carbonyl (C=O) groups excluding carboxylic acids is 1. The number of rotatable bonds is 2. The maximum Gasteiger partial charge on any atom is 0.232 e. The first-order valence-corrected chi connectivity index (χ1v) is 6.17. The smallest absolute Gasteiger partial charge is 0.232 e. The van der Waals surface area contributed by atoms with Gasteiger partial charge in [0.1, 0.15) is 18.1 Å². The maximum absolute atomic E-state index is 12.1. The minimum atomic E-state index is -0.202. The number of anilines is 1. The number of carbonyl (C=O) groups is 1. The molecule has 19 heavy (non-hydrogen) atoms. The Morgan fingerprint density at radius 2 is 2.26 bits per heavy atom. The molecule has 0 unspecified atom stereocenters. The molecule has 0 saturated heterocycles. The van der Waals surface area contributed by atoms with Crippen molar-refractivity contribution in [3.8, 4) is 5.75 Å². The zero-order valence-corrected chi connectivity index (χ0v) is 10.6. The van der Waals surface area contributed by atoms with Gasteiger partial charge in [-0.15, -0.1) is 0 Å². The minimum Gasteiger partial charge on any atom is -0.492 e. The van der Waals surface area contributed by atoms with Crippen LogP contribution in [0, 0.1) is 12.8 Å². The highest BCUT2D eigenvalue weighted by Gasteiger charge is 2.26. The molecule has 5 nitrogen and oxygen atoms in total. The summed E-state index contributed by atoms with van der Waals surface area (Å²) >= 11 is 0. The molecule has 0 fully saturated rings. The van der Waals surface area contributed by atoms with E-state index in [9.17, 15) is 4.79 Å². The van der Waals surface area contributed by atoms with Gasteiger partial charge in [-0.05, 0) is 25.0 Å². The third kappa shape index (κ3) is 2.45. The van der Waals surface area contributed by atoms with Crippen LogP contribution in [0.1, 0.15) is 11.3 Å². The molecular weight excluding hydrogens is 244 g/mol. The van der Waals surface area contributed by atoms with Crippen molar-refractivity contribution in [2.45, 2.75) is 13.3 Å². The van der Waals surface area contributed by atoms with Crippen LogP contribution in [0.2, 0.25) is 0 Å². The van der Waals surface area contributed by atoms with E-state index in [2.05, 4.69) is 10.5 Å². The van der Waals surface area contributed by atoms with E-state index in [-0.39, 0.29) is 11.8 Å². The Balaban J connectivity index is 1.69. The largest absolute Gasteiger partial charge is 0.492 e. The van der Waals surface area contributed by atoms with Gasteiger partial charge in [0.25, 0.3) is 0 Å². The molecule has 1 N–H and O–H groups in total. The van der Waals surface area contributed by atoms with Gasteiger partial charge < -0.3 is 14.6 Å². The fourth-order valence-electron chi connectivity index (χ4n) is 2.15. The van der Waals surface area contributed by atoms with E-state index < -0.39 is 0 Å². The van der Waals surface area contributed by atoms with E-state index >= 15 is 0 Å². The summed E-state index contributed by atoms with van der Waals surface area (Å²) in [6, 6.07) is 9.47. The summed E-state index contributed by atoms with van der Waals surface area (Å²) in [5.41, 5.74) is 1.06. The third-order valence-electron chi connectivity index (χ3n) is 3.13.